The minimum absolute atomic E-state index is 0.111. The summed E-state index contributed by atoms with van der Waals surface area (Å²) in [7, 11) is 0. The van der Waals surface area contributed by atoms with Crippen molar-refractivity contribution in [1.82, 2.24) is 0 Å². The average Bonchev–Trinajstić information content (AvgIpc) is 2.48. The highest BCUT2D eigenvalue weighted by Crippen LogP contribution is 2.30. The third-order valence-electron chi connectivity index (χ3n) is 3.94. The molecule has 0 radical (unpaired) electrons. The Labute approximate surface area is 169 Å². The van der Waals surface area contributed by atoms with Gasteiger partial charge in [-0.15, -0.1) is 0 Å². The standard InChI is InChI=1S/C20H28BrClO4/c1-7-9-19(3,4)25-17(23)13-11-15(21)16(22)12-14(13)18(24)26-20(5,6)10-8-2/h11-12H,7-10H2,1-6H3. The van der Waals surface area contributed by atoms with Gasteiger partial charge in [0.2, 0.25) is 0 Å². The molecule has 146 valence electrons. The number of hydrogen-bond acceptors (Lipinski definition) is 4. The highest BCUT2D eigenvalue weighted by Gasteiger charge is 2.30. The van der Waals surface area contributed by atoms with Crippen LogP contribution in [0.2, 0.25) is 5.02 Å². The number of ether oxygens (including phenoxy) is 2. The summed E-state index contributed by atoms with van der Waals surface area (Å²) in [5.74, 6) is -1.15. The Balaban J connectivity index is 3.22. The van der Waals surface area contributed by atoms with Crippen molar-refractivity contribution < 1.29 is 19.1 Å². The van der Waals surface area contributed by atoms with E-state index in [9.17, 15) is 9.59 Å². The molecule has 1 aromatic carbocycles. The lowest BCUT2D eigenvalue weighted by atomic mass is 10.0. The Bertz CT molecular complexity index is 611. The van der Waals surface area contributed by atoms with Crippen LogP contribution in [-0.4, -0.2) is 23.1 Å². The van der Waals surface area contributed by atoms with Gasteiger partial charge in [0.05, 0.1) is 16.1 Å². The van der Waals surface area contributed by atoms with Crippen LogP contribution in [-0.2, 0) is 9.47 Å². The molecule has 0 heterocycles. The first kappa shape index (κ1) is 23.0. The van der Waals surface area contributed by atoms with Crippen LogP contribution < -0.4 is 0 Å². The Hall–Kier alpha value is -1.07. The molecule has 0 saturated carbocycles. The van der Waals surface area contributed by atoms with Crippen LogP contribution in [0, 0.1) is 0 Å². The molecule has 0 fully saturated rings. The maximum atomic E-state index is 12.7. The third kappa shape index (κ3) is 6.58. The van der Waals surface area contributed by atoms with Crippen LogP contribution in [0.3, 0.4) is 0 Å². The van der Waals surface area contributed by atoms with E-state index < -0.39 is 23.1 Å². The van der Waals surface area contributed by atoms with E-state index in [1.54, 1.807) is 0 Å². The van der Waals surface area contributed by atoms with Gasteiger partial charge in [-0.05, 0) is 68.6 Å². The van der Waals surface area contributed by atoms with E-state index in [0.717, 1.165) is 19.3 Å². The maximum absolute atomic E-state index is 12.7. The van der Waals surface area contributed by atoms with E-state index in [-0.39, 0.29) is 11.1 Å². The highest BCUT2D eigenvalue weighted by atomic mass is 79.9. The molecule has 4 nitrogen and oxygen atoms in total. The SMILES string of the molecule is CCCC(C)(C)OC(=O)c1cc(Cl)c(Br)cc1C(=O)OC(C)(C)CCC. The molecule has 0 aliphatic heterocycles. The van der Waals surface area contributed by atoms with E-state index in [0.29, 0.717) is 15.9 Å². The molecule has 1 rings (SSSR count). The smallest absolute Gasteiger partial charge is 0.339 e. The molecule has 0 unspecified atom stereocenters. The van der Waals surface area contributed by atoms with Crippen molar-refractivity contribution in [2.24, 2.45) is 0 Å². The summed E-state index contributed by atoms with van der Waals surface area (Å²) in [5.41, 5.74) is -1.00. The van der Waals surface area contributed by atoms with Crippen LogP contribution in [0.15, 0.2) is 16.6 Å². The fourth-order valence-corrected chi connectivity index (χ4v) is 3.31. The molecule has 1 aromatic rings. The summed E-state index contributed by atoms with van der Waals surface area (Å²) in [5, 5.41) is 0.328. The zero-order chi connectivity index (χ0) is 20.1. The van der Waals surface area contributed by atoms with Crippen LogP contribution >= 0.6 is 27.5 Å². The van der Waals surface area contributed by atoms with Gasteiger partial charge >= 0.3 is 11.9 Å². The largest absolute Gasteiger partial charge is 0.456 e. The highest BCUT2D eigenvalue weighted by molar-refractivity contribution is 9.10. The molecule has 0 N–H and O–H groups in total. The normalized spacial score (nSPS) is 12.0. The molecular formula is C20H28BrClO4. The lowest BCUT2D eigenvalue weighted by Crippen LogP contribution is -2.31. The van der Waals surface area contributed by atoms with Gasteiger partial charge < -0.3 is 9.47 Å². The summed E-state index contributed by atoms with van der Waals surface area (Å²) < 4.78 is 11.7. The Morgan fingerprint density at radius 2 is 1.31 bits per heavy atom. The molecule has 0 bridgehead atoms. The first-order valence-electron chi connectivity index (χ1n) is 8.88. The average molecular weight is 448 g/mol. The number of hydrogen-bond donors (Lipinski definition) is 0. The van der Waals surface area contributed by atoms with Crippen molar-refractivity contribution in [2.45, 2.75) is 78.4 Å². The number of carbonyl (C=O) groups is 2. The first-order valence-corrected chi connectivity index (χ1v) is 10.0. The van der Waals surface area contributed by atoms with Gasteiger partial charge in [0.15, 0.2) is 0 Å². The molecule has 0 aromatic heterocycles. The molecule has 0 spiro atoms. The summed E-state index contributed by atoms with van der Waals surface area (Å²) >= 11 is 9.45. The Kier molecular flexibility index (Phi) is 8.15. The topological polar surface area (TPSA) is 52.6 Å². The Morgan fingerprint density at radius 3 is 1.69 bits per heavy atom. The van der Waals surface area contributed by atoms with Crippen molar-refractivity contribution in [3.05, 3.63) is 32.8 Å². The van der Waals surface area contributed by atoms with Crippen LogP contribution in [0.1, 0.15) is 87.9 Å². The summed E-state index contributed by atoms with van der Waals surface area (Å²) in [6, 6.07) is 2.95. The van der Waals surface area contributed by atoms with Gasteiger partial charge in [0.1, 0.15) is 11.2 Å². The second kappa shape index (κ2) is 9.23. The molecule has 0 aliphatic carbocycles. The minimum atomic E-state index is -0.631. The van der Waals surface area contributed by atoms with Crippen LogP contribution in [0.5, 0.6) is 0 Å². The van der Waals surface area contributed by atoms with Crippen molar-refractivity contribution in [3.63, 3.8) is 0 Å². The summed E-state index contributed by atoms with van der Waals surface area (Å²) in [6.07, 6.45) is 3.19. The predicted molar refractivity (Wildman–Crippen MR) is 108 cm³/mol. The van der Waals surface area contributed by atoms with Crippen molar-refractivity contribution in [1.29, 1.82) is 0 Å². The second-order valence-corrected chi connectivity index (χ2v) is 8.87. The predicted octanol–water partition coefficient (Wildman–Crippen LogP) is 6.57. The molecule has 0 saturated heterocycles. The summed E-state index contributed by atoms with van der Waals surface area (Å²) in [6.45, 7) is 11.4. The van der Waals surface area contributed by atoms with Crippen molar-refractivity contribution in [3.8, 4) is 0 Å². The first-order chi connectivity index (χ1) is 11.9. The van der Waals surface area contributed by atoms with Gasteiger partial charge in [-0.2, -0.15) is 0 Å². The maximum Gasteiger partial charge on any atom is 0.339 e. The van der Waals surface area contributed by atoms with E-state index in [1.807, 2.05) is 41.5 Å². The minimum Gasteiger partial charge on any atom is -0.456 e. The number of halogens is 2. The fourth-order valence-electron chi connectivity index (χ4n) is 2.80. The van der Waals surface area contributed by atoms with Gasteiger partial charge in [-0.3, -0.25) is 0 Å². The quantitative estimate of drug-likeness (QED) is 0.423. The third-order valence-corrected chi connectivity index (χ3v) is 5.14. The van der Waals surface area contributed by atoms with Crippen LogP contribution in [0.25, 0.3) is 0 Å². The lowest BCUT2D eigenvalue weighted by molar-refractivity contribution is -0.00955. The number of carbonyl (C=O) groups excluding carboxylic acids is 2. The molecular weight excluding hydrogens is 420 g/mol. The van der Waals surface area contributed by atoms with Gasteiger partial charge in [0, 0.05) is 4.47 Å². The van der Waals surface area contributed by atoms with Gasteiger partial charge in [-0.1, -0.05) is 38.3 Å². The van der Waals surface area contributed by atoms with E-state index in [4.69, 9.17) is 21.1 Å². The van der Waals surface area contributed by atoms with E-state index >= 15 is 0 Å². The molecule has 26 heavy (non-hydrogen) atoms. The number of esters is 2. The van der Waals surface area contributed by atoms with Gasteiger partial charge in [-0.25, -0.2) is 9.59 Å². The van der Waals surface area contributed by atoms with Crippen molar-refractivity contribution in [2.75, 3.05) is 0 Å². The monoisotopic (exact) mass is 446 g/mol. The Morgan fingerprint density at radius 1 is 0.923 bits per heavy atom. The van der Waals surface area contributed by atoms with E-state index in [1.165, 1.54) is 12.1 Å². The number of benzene rings is 1. The van der Waals surface area contributed by atoms with E-state index in [2.05, 4.69) is 15.9 Å². The molecule has 6 heteroatoms. The summed E-state index contributed by atoms with van der Waals surface area (Å²) in [4.78, 5) is 25.4. The zero-order valence-corrected chi connectivity index (χ0v) is 18.7. The fraction of sp³-hybridized carbons (Fsp3) is 0.600. The zero-order valence-electron chi connectivity index (χ0n) is 16.4. The second-order valence-electron chi connectivity index (χ2n) is 7.61. The van der Waals surface area contributed by atoms with Gasteiger partial charge in [0.25, 0.3) is 0 Å². The lowest BCUT2D eigenvalue weighted by Gasteiger charge is -2.27. The molecule has 0 aliphatic rings. The number of rotatable bonds is 8. The van der Waals surface area contributed by atoms with Crippen molar-refractivity contribution >= 4 is 39.5 Å². The van der Waals surface area contributed by atoms with Crippen LogP contribution in [0.4, 0.5) is 0 Å². The molecule has 0 atom stereocenters. The molecule has 0 amide bonds.